The van der Waals surface area contributed by atoms with E-state index in [1.807, 2.05) is 25.1 Å². The molecule has 0 bridgehead atoms. The van der Waals surface area contributed by atoms with E-state index in [0.29, 0.717) is 17.8 Å². The number of carbonyl (C=O) groups is 1. The van der Waals surface area contributed by atoms with Gasteiger partial charge in [-0.1, -0.05) is 52.3 Å². The highest BCUT2D eigenvalue weighted by Crippen LogP contribution is 2.41. The quantitative estimate of drug-likeness (QED) is 0.679. The van der Waals surface area contributed by atoms with Crippen molar-refractivity contribution in [1.82, 2.24) is 0 Å². The van der Waals surface area contributed by atoms with E-state index in [1.165, 1.54) is 12.8 Å². The molecule has 1 saturated carbocycles. The van der Waals surface area contributed by atoms with Gasteiger partial charge >= 0.3 is 5.97 Å². The van der Waals surface area contributed by atoms with Crippen LogP contribution >= 0.6 is 11.8 Å². The van der Waals surface area contributed by atoms with Crippen molar-refractivity contribution in [2.75, 3.05) is 0 Å². The molecule has 0 N–H and O–H groups in total. The van der Waals surface area contributed by atoms with Crippen molar-refractivity contribution in [1.29, 1.82) is 0 Å². The largest absolute Gasteiger partial charge is 0.434 e. The Morgan fingerprint density at radius 3 is 2.56 bits per heavy atom. The summed E-state index contributed by atoms with van der Waals surface area (Å²) in [5.74, 6) is 1.53. The second kappa shape index (κ2) is 8.13. The SMILES string of the molecule is CC(C)[C@@H]1CC[C@@H](C)C[C@H]1O[C@H]1OC(=O)[C@H](C)[C@@H]1Sc1ccccc1. The highest BCUT2D eigenvalue weighted by Gasteiger charge is 2.46. The summed E-state index contributed by atoms with van der Waals surface area (Å²) in [6.07, 6.45) is 3.28. The third-order valence-electron chi connectivity index (χ3n) is 5.65. The van der Waals surface area contributed by atoms with Crippen molar-refractivity contribution in [3.05, 3.63) is 30.3 Å². The Labute approximate surface area is 155 Å². The van der Waals surface area contributed by atoms with Crippen LogP contribution in [-0.2, 0) is 14.3 Å². The normalized spacial score (nSPS) is 35.8. The number of ether oxygens (including phenoxy) is 2. The molecule has 4 heteroatoms. The molecular formula is C21H30O3S. The van der Waals surface area contributed by atoms with Crippen molar-refractivity contribution in [2.24, 2.45) is 23.7 Å². The minimum atomic E-state index is -0.441. The zero-order chi connectivity index (χ0) is 18.0. The summed E-state index contributed by atoms with van der Waals surface area (Å²) >= 11 is 1.70. The zero-order valence-corrected chi connectivity index (χ0v) is 16.5. The van der Waals surface area contributed by atoms with Gasteiger partial charge in [0.1, 0.15) is 0 Å². The van der Waals surface area contributed by atoms with Crippen LogP contribution in [0.5, 0.6) is 0 Å². The zero-order valence-electron chi connectivity index (χ0n) is 15.7. The average molecular weight is 363 g/mol. The van der Waals surface area contributed by atoms with E-state index in [1.54, 1.807) is 11.8 Å². The van der Waals surface area contributed by atoms with E-state index in [4.69, 9.17) is 9.47 Å². The Bertz CT molecular complexity index is 574. The lowest BCUT2D eigenvalue weighted by Crippen LogP contribution is -2.39. The number of benzene rings is 1. The Morgan fingerprint density at radius 1 is 1.16 bits per heavy atom. The Hall–Kier alpha value is -1.00. The van der Waals surface area contributed by atoms with Crippen LogP contribution in [0.25, 0.3) is 0 Å². The summed E-state index contributed by atoms with van der Waals surface area (Å²) in [6, 6.07) is 10.2. The molecule has 0 unspecified atom stereocenters. The molecule has 3 nitrogen and oxygen atoms in total. The maximum Gasteiger partial charge on any atom is 0.312 e. The van der Waals surface area contributed by atoms with Gasteiger partial charge in [-0.2, -0.15) is 0 Å². The molecule has 3 rings (SSSR count). The van der Waals surface area contributed by atoms with Crippen LogP contribution in [0.15, 0.2) is 35.2 Å². The summed E-state index contributed by atoms with van der Waals surface area (Å²) in [5.41, 5.74) is 0. The molecule has 6 atom stereocenters. The number of esters is 1. The molecule has 2 aliphatic rings. The smallest absolute Gasteiger partial charge is 0.312 e. The average Bonchev–Trinajstić information content (AvgIpc) is 2.83. The van der Waals surface area contributed by atoms with Gasteiger partial charge in [-0.05, 0) is 42.7 Å². The van der Waals surface area contributed by atoms with Crippen molar-refractivity contribution in [3.63, 3.8) is 0 Å². The summed E-state index contributed by atoms with van der Waals surface area (Å²) in [7, 11) is 0. The minimum absolute atomic E-state index is 0.0138. The van der Waals surface area contributed by atoms with Gasteiger partial charge in [-0.25, -0.2) is 0 Å². The molecule has 1 aliphatic heterocycles. The van der Waals surface area contributed by atoms with Crippen LogP contribution in [0.3, 0.4) is 0 Å². The van der Waals surface area contributed by atoms with Crippen LogP contribution in [0.4, 0.5) is 0 Å². The van der Waals surface area contributed by atoms with E-state index >= 15 is 0 Å². The molecule has 2 fully saturated rings. The van der Waals surface area contributed by atoms with E-state index in [-0.39, 0.29) is 23.2 Å². The van der Waals surface area contributed by atoms with Crippen LogP contribution in [-0.4, -0.2) is 23.6 Å². The fourth-order valence-corrected chi connectivity index (χ4v) is 5.20. The highest BCUT2D eigenvalue weighted by molar-refractivity contribution is 8.00. The Balaban J connectivity index is 1.73. The minimum Gasteiger partial charge on any atom is -0.434 e. The standard InChI is InChI=1S/C21H30O3S/c1-13(2)17-11-10-14(3)12-18(17)23-21-19(15(4)20(22)24-21)25-16-8-6-5-7-9-16/h5-9,13-15,17-19,21H,10-12H2,1-4H3/t14-,15-,17+,18-,19+,21+/m1/s1. The molecule has 0 spiro atoms. The molecule has 1 saturated heterocycles. The van der Waals surface area contributed by atoms with E-state index in [0.717, 1.165) is 11.3 Å². The van der Waals surface area contributed by atoms with Gasteiger partial charge in [0, 0.05) is 4.90 Å². The Morgan fingerprint density at radius 2 is 1.88 bits per heavy atom. The topological polar surface area (TPSA) is 35.5 Å². The lowest BCUT2D eigenvalue weighted by molar-refractivity contribution is -0.185. The monoisotopic (exact) mass is 362 g/mol. The van der Waals surface area contributed by atoms with Crippen molar-refractivity contribution >= 4 is 17.7 Å². The molecule has 1 heterocycles. The first-order chi connectivity index (χ1) is 12.0. The maximum absolute atomic E-state index is 12.2. The lowest BCUT2D eigenvalue weighted by Gasteiger charge is -2.38. The molecule has 25 heavy (non-hydrogen) atoms. The molecule has 0 radical (unpaired) electrons. The first kappa shape index (κ1) is 18.8. The maximum atomic E-state index is 12.2. The molecular weight excluding hydrogens is 332 g/mol. The lowest BCUT2D eigenvalue weighted by atomic mass is 9.75. The van der Waals surface area contributed by atoms with Gasteiger partial charge in [0.2, 0.25) is 6.29 Å². The van der Waals surface area contributed by atoms with Gasteiger partial charge in [0.15, 0.2) is 0 Å². The van der Waals surface area contributed by atoms with Crippen molar-refractivity contribution in [3.8, 4) is 0 Å². The number of cyclic esters (lactones) is 1. The number of rotatable bonds is 5. The van der Waals surface area contributed by atoms with E-state index < -0.39 is 6.29 Å². The predicted molar refractivity (Wildman–Crippen MR) is 101 cm³/mol. The molecule has 1 aromatic rings. The number of carbonyl (C=O) groups excluding carboxylic acids is 1. The fourth-order valence-electron chi connectivity index (χ4n) is 4.02. The molecule has 138 valence electrons. The third kappa shape index (κ3) is 4.40. The Kier molecular flexibility index (Phi) is 6.11. The number of thioether (sulfide) groups is 1. The van der Waals surface area contributed by atoms with Gasteiger partial charge in [-0.15, -0.1) is 11.8 Å². The predicted octanol–water partition coefficient (Wildman–Crippen LogP) is 5.14. The van der Waals surface area contributed by atoms with Crippen LogP contribution in [0.2, 0.25) is 0 Å². The summed E-state index contributed by atoms with van der Waals surface area (Å²) in [6.45, 7) is 8.80. The number of hydrogen-bond donors (Lipinski definition) is 0. The summed E-state index contributed by atoms with van der Waals surface area (Å²) < 4.78 is 12.1. The van der Waals surface area contributed by atoms with Gasteiger partial charge in [0.05, 0.1) is 17.3 Å². The van der Waals surface area contributed by atoms with Crippen molar-refractivity contribution < 1.29 is 14.3 Å². The summed E-state index contributed by atoms with van der Waals surface area (Å²) in [4.78, 5) is 13.3. The van der Waals surface area contributed by atoms with Crippen LogP contribution < -0.4 is 0 Å². The second-order valence-electron chi connectivity index (χ2n) is 7.99. The third-order valence-corrected chi connectivity index (χ3v) is 7.10. The molecule has 1 aliphatic carbocycles. The van der Waals surface area contributed by atoms with E-state index in [2.05, 4.69) is 32.9 Å². The molecule has 0 aromatic heterocycles. The van der Waals surface area contributed by atoms with Gasteiger partial charge in [-0.3, -0.25) is 4.79 Å². The summed E-state index contributed by atoms with van der Waals surface area (Å²) in [5, 5.41) is 0.0138. The number of hydrogen-bond acceptors (Lipinski definition) is 4. The van der Waals surface area contributed by atoms with E-state index in [9.17, 15) is 4.79 Å². The molecule has 1 aromatic carbocycles. The van der Waals surface area contributed by atoms with Gasteiger partial charge in [0.25, 0.3) is 0 Å². The first-order valence-electron chi connectivity index (χ1n) is 9.53. The van der Waals surface area contributed by atoms with Crippen molar-refractivity contribution in [2.45, 2.75) is 69.5 Å². The fraction of sp³-hybridized carbons (Fsp3) is 0.667. The van der Waals surface area contributed by atoms with Crippen LogP contribution in [0.1, 0.15) is 47.0 Å². The highest BCUT2D eigenvalue weighted by atomic mass is 32.2. The first-order valence-corrected chi connectivity index (χ1v) is 10.4. The molecule has 0 amide bonds. The van der Waals surface area contributed by atoms with Crippen LogP contribution in [0, 0.1) is 23.7 Å². The van der Waals surface area contributed by atoms with Gasteiger partial charge < -0.3 is 9.47 Å². The second-order valence-corrected chi connectivity index (χ2v) is 9.24.